The number of urea groups is 1. The molecule has 0 heterocycles. The van der Waals surface area contributed by atoms with Gasteiger partial charge in [0.15, 0.2) is 5.82 Å². The Morgan fingerprint density at radius 3 is 2.52 bits per heavy atom. The number of carboxylic acid groups (broad SMARTS) is 1. The van der Waals surface area contributed by atoms with Crippen molar-refractivity contribution in [3.05, 3.63) is 28.2 Å². The second kappa shape index (κ2) is 7.35. The van der Waals surface area contributed by atoms with E-state index >= 15 is 0 Å². The molecule has 1 unspecified atom stereocenters. The highest BCUT2D eigenvalue weighted by Gasteiger charge is 2.21. The van der Waals surface area contributed by atoms with Crippen LogP contribution in [0.4, 0.5) is 19.3 Å². The van der Waals surface area contributed by atoms with E-state index in [1.807, 2.05) is 0 Å². The zero-order valence-electron chi connectivity index (χ0n) is 11.5. The summed E-state index contributed by atoms with van der Waals surface area (Å²) in [7, 11) is 0. The van der Waals surface area contributed by atoms with Crippen molar-refractivity contribution < 1.29 is 23.5 Å². The normalized spacial score (nSPS) is 11.9. The van der Waals surface area contributed by atoms with Gasteiger partial charge in [0.1, 0.15) is 5.82 Å². The zero-order chi connectivity index (χ0) is 16.2. The Hall–Kier alpha value is -1.70. The average Bonchev–Trinajstić information content (AvgIpc) is 2.39. The van der Waals surface area contributed by atoms with Crippen LogP contribution in [0.5, 0.6) is 0 Å². The first-order chi connectivity index (χ1) is 9.76. The Labute approximate surface area is 129 Å². The molecule has 116 valence electrons. The van der Waals surface area contributed by atoms with Gasteiger partial charge in [-0.2, -0.15) is 0 Å². The van der Waals surface area contributed by atoms with Crippen molar-refractivity contribution in [3.63, 3.8) is 0 Å². The molecule has 2 amide bonds. The number of amides is 2. The van der Waals surface area contributed by atoms with Crippen LogP contribution < -0.4 is 5.32 Å². The van der Waals surface area contributed by atoms with Gasteiger partial charge >= 0.3 is 12.0 Å². The van der Waals surface area contributed by atoms with Crippen molar-refractivity contribution in [3.8, 4) is 0 Å². The van der Waals surface area contributed by atoms with Gasteiger partial charge in [-0.05, 0) is 28.9 Å². The SMILES string of the molecule is CCN(CC(C)C(=O)O)C(=O)Nc1c(F)cc(F)cc1Br. The summed E-state index contributed by atoms with van der Waals surface area (Å²) in [6.45, 7) is 3.37. The van der Waals surface area contributed by atoms with Crippen LogP contribution in [0.25, 0.3) is 0 Å². The molecule has 0 bridgehead atoms. The maximum absolute atomic E-state index is 13.6. The third kappa shape index (κ3) is 4.66. The third-order valence-electron chi connectivity index (χ3n) is 2.82. The number of aliphatic carboxylic acids is 1. The largest absolute Gasteiger partial charge is 0.481 e. The number of rotatable bonds is 5. The summed E-state index contributed by atoms with van der Waals surface area (Å²) in [6.07, 6.45) is 0. The minimum absolute atomic E-state index is 0.0158. The Balaban J connectivity index is 2.86. The van der Waals surface area contributed by atoms with Gasteiger partial charge in [-0.15, -0.1) is 0 Å². The summed E-state index contributed by atoms with van der Waals surface area (Å²) in [5.41, 5.74) is -0.192. The molecule has 0 saturated carbocycles. The number of anilines is 1. The van der Waals surface area contributed by atoms with Crippen molar-refractivity contribution >= 4 is 33.6 Å². The van der Waals surface area contributed by atoms with Crippen LogP contribution in [0.15, 0.2) is 16.6 Å². The first-order valence-electron chi connectivity index (χ1n) is 6.19. The Morgan fingerprint density at radius 1 is 1.43 bits per heavy atom. The number of carbonyl (C=O) groups excluding carboxylic acids is 1. The molecule has 0 fully saturated rings. The second-order valence-electron chi connectivity index (χ2n) is 4.45. The van der Waals surface area contributed by atoms with E-state index < -0.39 is 29.6 Å². The molecule has 5 nitrogen and oxygen atoms in total. The van der Waals surface area contributed by atoms with Crippen molar-refractivity contribution in [2.24, 2.45) is 5.92 Å². The first-order valence-corrected chi connectivity index (χ1v) is 6.98. The van der Waals surface area contributed by atoms with Gasteiger partial charge in [-0.3, -0.25) is 4.79 Å². The van der Waals surface area contributed by atoms with Gasteiger partial charge in [0, 0.05) is 23.6 Å². The predicted octanol–water partition coefficient (Wildman–Crippen LogP) is 3.30. The molecule has 2 N–H and O–H groups in total. The van der Waals surface area contributed by atoms with Crippen LogP contribution >= 0.6 is 15.9 Å². The van der Waals surface area contributed by atoms with Gasteiger partial charge in [-0.1, -0.05) is 6.92 Å². The van der Waals surface area contributed by atoms with Crippen LogP contribution in [0.2, 0.25) is 0 Å². The number of halogens is 3. The lowest BCUT2D eigenvalue weighted by molar-refractivity contribution is -0.141. The lowest BCUT2D eigenvalue weighted by Gasteiger charge is -2.23. The van der Waals surface area contributed by atoms with E-state index in [-0.39, 0.29) is 23.2 Å². The summed E-state index contributed by atoms with van der Waals surface area (Å²) in [6, 6.07) is 1.02. The lowest BCUT2D eigenvalue weighted by atomic mass is 10.2. The monoisotopic (exact) mass is 364 g/mol. The second-order valence-corrected chi connectivity index (χ2v) is 5.31. The molecular formula is C13H15BrF2N2O3. The van der Waals surface area contributed by atoms with Crippen LogP contribution in [0, 0.1) is 17.6 Å². The highest BCUT2D eigenvalue weighted by atomic mass is 79.9. The summed E-state index contributed by atoms with van der Waals surface area (Å²) in [5.74, 6) is -3.48. The van der Waals surface area contributed by atoms with E-state index in [9.17, 15) is 18.4 Å². The third-order valence-corrected chi connectivity index (χ3v) is 3.45. The molecule has 0 radical (unpaired) electrons. The summed E-state index contributed by atoms with van der Waals surface area (Å²) >= 11 is 2.96. The molecule has 0 saturated heterocycles. The van der Waals surface area contributed by atoms with E-state index in [1.54, 1.807) is 6.92 Å². The minimum Gasteiger partial charge on any atom is -0.481 e. The fraction of sp³-hybridized carbons (Fsp3) is 0.385. The van der Waals surface area contributed by atoms with Gasteiger partial charge in [0.05, 0.1) is 11.6 Å². The van der Waals surface area contributed by atoms with Gasteiger partial charge in [0.2, 0.25) is 0 Å². The Morgan fingerprint density at radius 2 is 2.05 bits per heavy atom. The summed E-state index contributed by atoms with van der Waals surface area (Å²) < 4.78 is 26.7. The van der Waals surface area contributed by atoms with Gasteiger partial charge < -0.3 is 15.3 Å². The smallest absolute Gasteiger partial charge is 0.321 e. The quantitative estimate of drug-likeness (QED) is 0.841. The number of carbonyl (C=O) groups is 2. The van der Waals surface area contributed by atoms with E-state index in [2.05, 4.69) is 21.2 Å². The molecule has 8 heteroatoms. The van der Waals surface area contributed by atoms with Crippen LogP contribution in [-0.2, 0) is 4.79 Å². The maximum Gasteiger partial charge on any atom is 0.321 e. The molecule has 0 aliphatic carbocycles. The van der Waals surface area contributed by atoms with E-state index in [0.717, 1.165) is 6.07 Å². The fourth-order valence-electron chi connectivity index (χ4n) is 1.61. The molecule has 0 spiro atoms. The Bertz CT molecular complexity index is 531. The highest BCUT2D eigenvalue weighted by molar-refractivity contribution is 9.10. The molecule has 1 rings (SSSR count). The molecular weight excluding hydrogens is 350 g/mol. The number of nitrogens with one attached hydrogen (secondary N) is 1. The number of benzene rings is 1. The predicted molar refractivity (Wildman–Crippen MR) is 77.1 cm³/mol. The Kier molecular flexibility index (Phi) is 6.07. The van der Waals surface area contributed by atoms with Crippen LogP contribution in [0.3, 0.4) is 0 Å². The summed E-state index contributed by atoms with van der Waals surface area (Å²) in [5, 5.41) is 11.2. The number of hydrogen-bond donors (Lipinski definition) is 2. The molecule has 1 aromatic rings. The molecule has 1 aromatic carbocycles. The first kappa shape index (κ1) is 17.4. The molecule has 1 atom stereocenters. The van der Waals surface area contributed by atoms with Crippen molar-refractivity contribution in [2.45, 2.75) is 13.8 Å². The fourth-order valence-corrected chi connectivity index (χ4v) is 2.12. The minimum atomic E-state index is -1.03. The van der Waals surface area contributed by atoms with E-state index in [4.69, 9.17) is 5.11 Å². The van der Waals surface area contributed by atoms with Crippen molar-refractivity contribution in [1.82, 2.24) is 4.90 Å². The molecule has 21 heavy (non-hydrogen) atoms. The molecule has 0 aliphatic rings. The average molecular weight is 365 g/mol. The van der Waals surface area contributed by atoms with Gasteiger partial charge in [0.25, 0.3) is 0 Å². The van der Waals surface area contributed by atoms with Crippen LogP contribution in [-0.4, -0.2) is 35.1 Å². The number of carboxylic acids is 1. The molecule has 0 aliphatic heterocycles. The number of nitrogens with zero attached hydrogens (tertiary/aromatic N) is 1. The number of hydrogen-bond acceptors (Lipinski definition) is 2. The highest BCUT2D eigenvalue weighted by Crippen LogP contribution is 2.27. The maximum atomic E-state index is 13.6. The molecule has 0 aromatic heterocycles. The zero-order valence-corrected chi connectivity index (χ0v) is 13.1. The topological polar surface area (TPSA) is 69.6 Å². The van der Waals surface area contributed by atoms with E-state index in [0.29, 0.717) is 6.07 Å². The van der Waals surface area contributed by atoms with Gasteiger partial charge in [-0.25, -0.2) is 13.6 Å². The summed E-state index contributed by atoms with van der Waals surface area (Å²) in [4.78, 5) is 24.1. The van der Waals surface area contributed by atoms with Crippen molar-refractivity contribution in [1.29, 1.82) is 0 Å². The van der Waals surface area contributed by atoms with Crippen LogP contribution in [0.1, 0.15) is 13.8 Å². The van der Waals surface area contributed by atoms with Crippen molar-refractivity contribution in [2.75, 3.05) is 18.4 Å². The lowest BCUT2D eigenvalue weighted by Crippen LogP contribution is -2.39. The van der Waals surface area contributed by atoms with E-state index in [1.165, 1.54) is 11.8 Å². The standard InChI is InChI=1S/C13H15BrF2N2O3/c1-3-18(6-7(2)12(19)20)13(21)17-11-9(14)4-8(15)5-10(11)16/h4-5,7H,3,6H2,1-2H3,(H,17,21)(H,19,20).